The Bertz CT molecular complexity index is 2820. The second-order valence-electron chi connectivity index (χ2n) is 12.4. The molecule has 0 amide bonds. The van der Waals surface area contributed by atoms with Gasteiger partial charge in [0, 0.05) is 0 Å². The van der Waals surface area contributed by atoms with Crippen LogP contribution in [0.25, 0.3) is 96.9 Å². The molecule has 0 aliphatic carbocycles. The Balaban J connectivity index is 1.15. The minimum atomic E-state index is 0.131. The van der Waals surface area contributed by atoms with Crippen LogP contribution in [-0.4, -0.2) is 29.5 Å². The molecule has 2 heterocycles. The molecule has 3 nitrogen and oxygen atoms in total. The molecule has 0 fully saturated rings. The van der Waals surface area contributed by atoms with Gasteiger partial charge >= 0.3 is 290 Å². The van der Waals surface area contributed by atoms with Crippen molar-refractivity contribution in [2.24, 2.45) is 0 Å². The average Bonchev–Trinajstić information content (AvgIpc) is 3.57. The number of fused-ring (bicyclic) bond motifs is 8. The van der Waals surface area contributed by atoms with Crippen LogP contribution < -0.4 is 0 Å². The van der Waals surface area contributed by atoms with Crippen molar-refractivity contribution < 1.29 is 0 Å². The number of aromatic nitrogens is 3. The van der Waals surface area contributed by atoms with Crippen LogP contribution in [-0.2, 0) is 0 Å². The van der Waals surface area contributed by atoms with E-state index in [1.807, 2.05) is 36.4 Å². The number of hydrogen-bond acceptors (Lipinski definition) is 3. The Kier molecular flexibility index (Phi) is 6.51. The van der Waals surface area contributed by atoms with Crippen LogP contribution >= 0.6 is 0 Å². The molecule has 0 bridgehead atoms. The standard InChI is InChI=1S/C45H27N3Se/c1-3-12-29(13-4-1)43-46-44(30-14-5-2-6-15-30)48-45(47-43)39-19-10-20-40-41(39)38-18-9-17-35(42(38)49-40)32-22-24-34-31(27-32)23-26-36-33-16-8-7-11-28(33)21-25-37(34)36/h1-27H. The fourth-order valence-corrected chi connectivity index (χ4v) is 9.84. The van der Waals surface area contributed by atoms with Gasteiger partial charge in [0.2, 0.25) is 0 Å². The van der Waals surface area contributed by atoms with E-state index in [1.165, 1.54) is 62.7 Å². The third-order valence-electron chi connectivity index (χ3n) is 9.52. The fraction of sp³-hybridized carbons (Fsp3) is 0. The van der Waals surface area contributed by atoms with Gasteiger partial charge in [-0.15, -0.1) is 0 Å². The molecule has 0 atom stereocenters. The Morgan fingerprint density at radius 3 is 1.67 bits per heavy atom. The Morgan fingerprint density at radius 1 is 0.347 bits per heavy atom. The molecule has 4 heteroatoms. The van der Waals surface area contributed by atoms with Crippen molar-refractivity contribution in [1.82, 2.24) is 15.0 Å². The van der Waals surface area contributed by atoms with Crippen molar-refractivity contribution in [2.75, 3.05) is 0 Å². The predicted molar refractivity (Wildman–Crippen MR) is 206 cm³/mol. The third kappa shape index (κ3) is 4.69. The van der Waals surface area contributed by atoms with Crippen LogP contribution in [0.2, 0.25) is 0 Å². The van der Waals surface area contributed by atoms with Crippen LogP contribution in [0.4, 0.5) is 0 Å². The first-order valence-corrected chi connectivity index (χ1v) is 18.2. The van der Waals surface area contributed by atoms with E-state index < -0.39 is 0 Å². The summed E-state index contributed by atoms with van der Waals surface area (Å²) in [6.07, 6.45) is 0. The van der Waals surface area contributed by atoms with E-state index >= 15 is 0 Å². The molecule has 0 N–H and O–H groups in total. The van der Waals surface area contributed by atoms with Crippen molar-refractivity contribution >= 4 is 66.1 Å². The SMILES string of the molecule is c1ccc(-c2nc(-c3ccccc3)nc(-c3cccc4[se]c5c(-c6ccc7c(ccc8c9ccccc9ccc78)c6)cccc5c34)n2)cc1. The van der Waals surface area contributed by atoms with E-state index in [0.717, 1.165) is 16.7 Å². The first kappa shape index (κ1) is 28.1. The van der Waals surface area contributed by atoms with Crippen molar-refractivity contribution in [1.29, 1.82) is 0 Å². The van der Waals surface area contributed by atoms with Crippen LogP contribution in [0.15, 0.2) is 164 Å². The summed E-state index contributed by atoms with van der Waals surface area (Å²) in [6, 6.07) is 58.4. The molecule has 8 aromatic carbocycles. The van der Waals surface area contributed by atoms with Crippen molar-refractivity contribution in [2.45, 2.75) is 0 Å². The van der Waals surface area contributed by atoms with Gasteiger partial charge in [0.15, 0.2) is 0 Å². The van der Waals surface area contributed by atoms with Gasteiger partial charge < -0.3 is 0 Å². The zero-order valence-electron chi connectivity index (χ0n) is 26.3. The monoisotopic (exact) mass is 689 g/mol. The molecule has 0 radical (unpaired) electrons. The van der Waals surface area contributed by atoms with Crippen LogP contribution in [0.1, 0.15) is 0 Å². The van der Waals surface area contributed by atoms with E-state index in [4.69, 9.17) is 15.0 Å². The molecule has 228 valence electrons. The van der Waals surface area contributed by atoms with Gasteiger partial charge in [-0.1, -0.05) is 0 Å². The molecule has 0 saturated heterocycles. The molecule has 2 aromatic heterocycles. The molecule has 0 unspecified atom stereocenters. The molecule has 10 aromatic rings. The van der Waals surface area contributed by atoms with Crippen molar-refractivity contribution in [3.8, 4) is 45.3 Å². The van der Waals surface area contributed by atoms with E-state index in [-0.39, 0.29) is 14.5 Å². The average molecular weight is 689 g/mol. The maximum absolute atomic E-state index is 5.09. The summed E-state index contributed by atoms with van der Waals surface area (Å²) in [5, 5.41) is 10.2. The quantitative estimate of drug-likeness (QED) is 0.136. The van der Waals surface area contributed by atoms with Gasteiger partial charge in [0.1, 0.15) is 0 Å². The molecule has 0 aliphatic heterocycles. The summed E-state index contributed by atoms with van der Waals surface area (Å²) in [6.45, 7) is 0. The Labute approximate surface area is 288 Å². The molecule has 0 aliphatic rings. The summed E-state index contributed by atoms with van der Waals surface area (Å²) in [5.74, 6) is 2.05. The van der Waals surface area contributed by atoms with E-state index in [0.29, 0.717) is 17.5 Å². The summed E-state index contributed by atoms with van der Waals surface area (Å²) in [5.41, 5.74) is 5.54. The minimum absolute atomic E-state index is 0.131. The van der Waals surface area contributed by atoms with Gasteiger partial charge in [-0.05, 0) is 0 Å². The molecule has 0 saturated carbocycles. The van der Waals surface area contributed by atoms with Crippen LogP contribution in [0.3, 0.4) is 0 Å². The van der Waals surface area contributed by atoms with Crippen molar-refractivity contribution in [3.63, 3.8) is 0 Å². The molecular formula is C45H27N3Se. The first-order valence-electron chi connectivity index (χ1n) is 16.4. The second kappa shape index (κ2) is 11.3. The van der Waals surface area contributed by atoms with Gasteiger partial charge in [-0.25, -0.2) is 0 Å². The van der Waals surface area contributed by atoms with Crippen LogP contribution in [0, 0.1) is 0 Å². The van der Waals surface area contributed by atoms with Crippen molar-refractivity contribution in [3.05, 3.63) is 164 Å². The van der Waals surface area contributed by atoms with E-state index in [9.17, 15) is 0 Å². The molecule has 10 rings (SSSR count). The summed E-state index contributed by atoms with van der Waals surface area (Å²) in [7, 11) is 0. The second-order valence-corrected chi connectivity index (χ2v) is 14.6. The van der Waals surface area contributed by atoms with Gasteiger partial charge in [0.05, 0.1) is 0 Å². The number of hydrogen-bond donors (Lipinski definition) is 0. The summed E-state index contributed by atoms with van der Waals surface area (Å²) in [4.78, 5) is 15.1. The van der Waals surface area contributed by atoms with Crippen LogP contribution in [0.5, 0.6) is 0 Å². The zero-order chi connectivity index (χ0) is 32.3. The molecule has 0 spiro atoms. The number of benzene rings is 8. The summed E-state index contributed by atoms with van der Waals surface area (Å²) >= 11 is 0.131. The zero-order valence-corrected chi connectivity index (χ0v) is 28.1. The summed E-state index contributed by atoms with van der Waals surface area (Å²) < 4.78 is 2.76. The van der Waals surface area contributed by atoms with Gasteiger partial charge in [-0.3, -0.25) is 0 Å². The molecule has 49 heavy (non-hydrogen) atoms. The van der Waals surface area contributed by atoms with Gasteiger partial charge in [-0.2, -0.15) is 0 Å². The Hall–Kier alpha value is -5.93. The fourth-order valence-electron chi connectivity index (χ4n) is 7.19. The Morgan fingerprint density at radius 2 is 0.918 bits per heavy atom. The predicted octanol–water partition coefficient (Wildman–Crippen LogP) is 11.4. The van der Waals surface area contributed by atoms with E-state index in [1.54, 1.807) is 0 Å². The maximum atomic E-state index is 5.09. The molecular weight excluding hydrogens is 661 g/mol. The third-order valence-corrected chi connectivity index (χ3v) is 12.0. The van der Waals surface area contributed by atoms with E-state index in [2.05, 4.69) is 127 Å². The normalized spacial score (nSPS) is 11.7. The van der Waals surface area contributed by atoms with Gasteiger partial charge in [0.25, 0.3) is 0 Å². The number of nitrogens with zero attached hydrogens (tertiary/aromatic N) is 3. The first-order chi connectivity index (χ1) is 24.3. The number of rotatable bonds is 4. The topological polar surface area (TPSA) is 38.7 Å².